The third-order valence-electron chi connectivity index (χ3n) is 6.25. The second-order valence-electron chi connectivity index (χ2n) is 8.82. The van der Waals surface area contributed by atoms with Gasteiger partial charge in [0.2, 0.25) is 0 Å². The average Bonchev–Trinajstić information content (AvgIpc) is 2.80. The van der Waals surface area contributed by atoms with Crippen molar-refractivity contribution < 1.29 is 49.4 Å². The molecule has 1 fully saturated rings. The fraction of sp³-hybridized carbons (Fsp3) is 0.500. The SMILES string of the molecule is OC(CNC(c1cccc(Oc2ccc(F)cc2)c1)C1CCCC(C(F)(F)C(F)(F)F)C1)C(F)(F)F. The maximum absolute atomic E-state index is 14.1. The van der Waals surface area contributed by atoms with Crippen molar-refractivity contribution >= 4 is 0 Å². The summed E-state index contributed by atoms with van der Waals surface area (Å²) in [4.78, 5) is 0. The lowest BCUT2D eigenvalue weighted by molar-refractivity contribution is -0.307. The minimum Gasteiger partial charge on any atom is -0.457 e. The highest BCUT2D eigenvalue weighted by Crippen LogP contribution is 2.50. The van der Waals surface area contributed by atoms with Crippen LogP contribution in [0.25, 0.3) is 0 Å². The first-order valence-corrected chi connectivity index (χ1v) is 11.1. The molecule has 3 nitrogen and oxygen atoms in total. The van der Waals surface area contributed by atoms with E-state index in [4.69, 9.17) is 4.74 Å². The van der Waals surface area contributed by atoms with E-state index in [-0.39, 0.29) is 36.3 Å². The molecular formula is C24H24F9NO2. The molecular weight excluding hydrogens is 505 g/mol. The number of ether oxygens (including phenoxy) is 1. The lowest BCUT2D eigenvalue weighted by Gasteiger charge is -2.39. The topological polar surface area (TPSA) is 41.5 Å². The summed E-state index contributed by atoms with van der Waals surface area (Å²) in [5.74, 6) is -7.94. The second-order valence-corrected chi connectivity index (χ2v) is 8.82. The number of aliphatic hydroxyl groups excluding tert-OH is 1. The molecule has 4 atom stereocenters. The molecule has 0 aromatic heterocycles. The first kappa shape index (κ1) is 28.1. The maximum atomic E-state index is 14.1. The van der Waals surface area contributed by atoms with Gasteiger partial charge in [-0.1, -0.05) is 18.6 Å². The van der Waals surface area contributed by atoms with Crippen LogP contribution in [0, 0.1) is 17.7 Å². The summed E-state index contributed by atoms with van der Waals surface area (Å²) in [5.41, 5.74) is 0.282. The summed E-state index contributed by atoms with van der Waals surface area (Å²) in [6.07, 6.45) is -14.2. The molecule has 0 spiro atoms. The minimum atomic E-state index is -5.75. The van der Waals surface area contributed by atoms with Gasteiger partial charge in [-0.05, 0) is 67.1 Å². The number of nitrogens with one attached hydrogen (secondary N) is 1. The van der Waals surface area contributed by atoms with Crippen molar-refractivity contribution in [3.05, 3.63) is 59.9 Å². The highest BCUT2D eigenvalue weighted by atomic mass is 19.4. The molecule has 200 valence electrons. The van der Waals surface area contributed by atoms with E-state index < -0.39 is 61.0 Å². The van der Waals surface area contributed by atoms with Gasteiger partial charge in [0.1, 0.15) is 17.3 Å². The molecule has 0 saturated heterocycles. The zero-order valence-electron chi connectivity index (χ0n) is 18.7. The van der Waals surface area contributed by atoms with Crippen molar-refractivity contribution in [1.82, 2.24) is 5.32 Å². The predicted molar refractivity (Wildman–Crippen MR) is 112 cm³/mol. The Morgan fingerprint density at radius 3 is 2.19 bits per heavy atom. The van der Waals surface area contributed by atoms with Crippen molar-refractivity contribution in [1.29, 1.82) is 0 Å². The minimum absolute atomic E-state index is 0.0206. The maximum Gasteiger partial charge on any atom is 0.453 e. The Kier molecular flexibility index (Phi) is 8.49. The number of hydrogen-bond acceptors (Lipinski definition) is 3. The number of benzene rings is 2. The zero-order valence-corrected chi connectivity index (χ0v) is 18.7. The third kappa shape index (κ3) is 6.84. The molecule has 0 aliphatic heterocycles. The van der Waals surface area contributed by atoms with Gasteiger partial charge in [0.15, 0.2) is 6.10 Å². The van der Waals surface area contributed by atoms with Crippen LogP contribution in [0.3, 0.4) is 0 Å². The van der Waals surface area contributed by atoms with Gasteiger partial charge >= 0.3 is 18.3 Å². The molecule has 3 rings (SSSR count). The van der Waals surface area contributed by atoms with Crippen molar-refractivity contribution in [2.45, 2.75) is 56.1 Å². The van der Waals surface area contributed by atoms with Gasteiger partial charge < -0.3 is 15.2 Å². The average molecular weight is 529 g/mol. The fourth-order valence-electron chi connectivity index (χ4n) is 4.41. The predicted octanol–water partition coefficient (Wildman–Crippen LogP) is 7.18. The highest BCUT2D eigenvalue weighted by molar-refractivity contribution is 5.35. The molecule has 1 aliphatic rings. The monoisotopic (exact) mass is 529 g/mol. The Hall–Kier alpha value is -2.47. The summed E-state index contributed by atoms with van der Waals surface area (Å²) in [7, 11) is 0. The van der Waals surface area contributed by atoms with Crippen LogP contribution in [0.4, 0.5) is 39.5 Å². The van der Waals surface area contributed by atoms with Crippen LogP contribution < -0.4 is 10.1 Å². The van der Waals surface area contributed by atoms with Crippen molar-refractivity contribution in [2.24, 2.45) is 11.8 Å². The van der Waals surface area contributed by atoms with Crippen LogP contribution in [-0.4, -0.2) is 36.0 Å². The molecule has 2 aromatic rings. The van der Waals surface area contributed by atoms with Crippen LogP contribution in [0.1, 0.15) is 37.3 Å². The Bertz CT molecular complexity index is 992. The van der Waals surface area contributed by atoms with Gasteiger partial charge in [0, 0.05) is 18.5 Å². The molecule has 2 aromatic carbocycles. The zero-order chi connectivity index (χ0) is 26.7. The van der Waals surface area contributed by atoms with Gasteiger partial charge in [-0.2, -0.15) is 35.1 Å². The van der Waals surface area contributed by atoms with Crippen molar-refractivity contribution in [3.63, 3.8) is 0 Å². The lowest BCUT2D eigenvalue weighted by Crippen LogP contribution is -2.47. The Balaban J connectivity index is 1.87. The standard InChI is InChI=1S/C24H24F9NO2/c25-17-7-9-18(10-8-17)36-19-6-2-4-15(12-19)21(34-13-20(35)23(28,29)30)14-3-1-5-16(11-14)22(26,27)24(31,32)33/h2,4,6-10,12,14,16,20-21,34-35H,1,3,5,11,13H2. The quantitative estimate of drug-likeness (QED) is 0.356. The van der Waals surface area contributed by atoms with E-state index in [9.17, 15) is 44.6 Å². The van der Waals surface area contributed by atoms with Gasteiger partial charge in [-0.15, -0.1) is 0 Å². The lowest BCUT2D eigenvalue weighted by atomic mass is 9.73. The Morgan fingerprint density at radius 1 is 0.917 bits per heavy atom. The third-order valence-corrected chi connectivity index (χ3v) is 6.25. The van der Waals surface area contributed by atoms with Gasteiger partial charge in [-0.3, -0.25) is 0 Å². The second kappa shape index (κ2) is 10.9. The van der Waals surface area contributed by atoms with Crippen LogP contribution in [0.5, 0.6) is 11.5 Å². The van der Waals surface area contributed by atoms with Crippen molar-refractivity contribution in [2.75, 3.05) is 6.54 Å². The molecule has 36 heavy (non-hydrogen) atoms. The molecule has 0 bridgehead atoms. The van der Waals surface area contributed by atoms with E-state index in [1.165, 1.54) is 36.4 Å². The van der Waals surface area contributed by atoms with E-state index in [2.05, 4.69) is 5.32 Å². The molecule has 2 N–H and O–H groups in total. The summed E-state index contributed by atoms with van der Waals surface area (Å²) in [6, 6.07) is 9.74. The van der Waals surface area contributed by atoms with Gasteiger partial charge in [0.05, 0.1) is 0 Å². The Morgan fingerprint density at radius 2 is 1.58 bits per heavy atom. The number of hydrogen-bond donors (Lipinski definition) is 2. The molecule has 0 amide bonds. The normalized spacial score (nSPS) is 21.2. The van der Waals surface area contributed by atoms with Crippen LogP contribution in [-0.2, 0) is 0 Å². The number of halogens is 9. The largest absolute Gasteiger partial charge is 0.457 e. The van der Waals surface area contributed by atoms with Crippen molar-refractivity contribution in [3.8, 4) is 11.5 Å². The summed E-state index contributed by atoms with van der Waals surface area (Å²) in [6.45, 7) is -0.992. The van der Waals surface area contributed by atoms with Gasteiger partial charge in [-0.25, -0.2) is 4.39 Å². The summed E-state index contributed by atoms with van der Waals surface area (Å²) >= 11 is 0. The van der Waals surface area contributed by atoms with E-state index >= 15 is 0 Å². The molecule has 1 aliphatic carbocycles. The number of rotatable bonds is 8. The van der Waals surface area contributed by atoms with Gasteiger partial charge in [0.25, 0.3) is 0 Å². The number of aliphatic hydroxyl groups is 1. The van der Waals surface area contributed by atoms with Crippen LogP contribution >= 0.6 is 0 Å². The molecule has 12 heteroatoms. The van der Waals surface area contributed by atoms with E-state index in [0.717, 1.165) is 12.1 Å². The van der Waals surface area contributed by atoms with E-state index in [0.29, 0.717) is 0 Å². The smallest absolute Gasteiger partial charge is 0.453 e. The van der Waals surface area contributed by atoms with Crippen LogP contribution in [0.2, 0.25) is 0 Å². The molecule has 0 heterocycles. The number of alkyl halides is 8. The molecule has 1 saturated carbocycles. The molecule has 4 unspecified atom stereocenters. The first-order chi connectivity index (χ1) is 16.7. The van der Waals surface area contributed by atoms with E-state index in [1.807, 2.05) is 0 Å². The Labute approximate surface area is 201 Å². The van der Waals surface area contributed by atoms with E-state index in [1.54, 1.807) is 0 Å². The summed E-state index contributed by atoms with van der Waals surface area (Å²) < 4.78 is 124. The first-order valence-electron chi connectivity index (χ1n) is 11.1. The summed E-state index contributed by atoms with van der Waals surface area (Å²) in [5, 5.41) is 11.9. The fourth-order valence-corrected chi connectivity index (χ4v) is 4.41. The van der Waals surface area contributed by atoms with Crippen LogP contribution in [0.15, 0.2) is 48.5 Å². The highest BCUT2D eigenvalue weighted by Gasteiger charge is 2.62. The molecule has 0 radical (unpaired) electrons.